The Bertz CT molecular complexity index is 659. The fraction of sp³-hybridized carbons (Fsp3) is 0.278. The number of hydrogen-bond acceptors (Lipinski definition) is 3. The van der Waals surface area contributed by atoms with Crippen LogP contribution in [0, 0.1) is 18.3 Å². The van der Waals surface area contributed by atoms with Gasteiger partial charge in [-0.2, -0.15) is 5.26 Å². The summed E-state index contributed by atoms with van der Waals surface area (Å²) in [6.45, 7) is 6.10. The zero-order valence-electron chi connectivity index (χ0n) is 12.7. The topological polar surface area (TPSA) is 45.0 Å². The Morgan fingerprint density at radius 2 is 1.95 bits per heavy atom. The molecule has 0 aliphatic heterocycles. The van der Waals surface area contributed by atoms with E-state index in [2.05, 4.69) is 25.2 Å². The Balaban J connectivity index is 2.14. The Morgan fingerprint density at radius 1 is 1.19 bits per heavy atom. The quantitative estimate of drug-likeness (QED) is 0.856. The third kappa shape index (κ3) is 4.00. The molecule has 0 aromatic heterocycles. The minimum atomic E-state index is 0.206. The zero-order valence-corrected chi connectivity index (χ0v) is 12.7. The van der Waals surface area contributed by atoms with Gasteiger partial charge in [-0.15, -0.1) is 0 Å². The number of aryl methyl sites for hydroxylation is 1. The second-order valence-corrected chi connectivity index (χ2v) is 5.13. The Kier molecular flexibility index (Phi) is 4.84. The van der Waals surface area contributed by atoms with Crippen molar-refractivity contribution in [1.29, 1.82) is 5.26 Å². The van der Waals surface area contributed by atoms with Crippen LogP contribution in [0.5, 0.6) is 5.75 Å². The molecule has 2 aromatic rings. The first-order valence-corrected chi connectivity index (χ1v) is 7.17. The number of rotatable bonds is 5. The summed E-state index contributed by atoms with van der Waals surface area (Å²) in [5.41, 5.74) is 3.61. The second-order valence-electron chi connectivity index (χ2n) is 5.13. The summed E-state index contributed by atoms with van der Waals surface area (Å²) in [6.07, 6.45) is 1.18. The Labute approximate surface area is 126 Å². The average molecular weight is 280 g/mol. The minimum absolute atomic E-state index is 0.206. The molecule has 3 nitrogen and oxygen atoms in total. The van der Waals surface area contributed by atoms with E-state index in [1.165, 1.54) is 0 Å². The molecule has 2 rings (SSSR count). The summed E-state index contributed by atoms with van der Waals surface area (Å²) in [7, 11) is 0. The van der Waals surface area contributed by atoms with Crippen molar-refractivity contribution < 1.29 is 4.74 Å². The van der Waals surface area contributed by atoms with Crippen LogP contribution in [0.4, 0.5) is 11.4 Å². The fourth-order valence-electron chi connectivity index (χ4n) is 2.00. The smallest absolute Gasteiger partial charge is 0.121 e. The minimum Gasteiger partial charge on any atom is -0.491 e. The van der Waals surface area contributed by atoms with Gasteiger partial charge in [-0.05, 0) is 56.2 Å². The molecule has 3 heteroatoms. The number of ether oxygens (including phenoxy) is 1. The molecule has 2 aromatic carbocycles. The lowest BCUT2D eigenvalue weighted by molar-refractivity contribution is 0.217. The Hall–Kier alpha value is -2.47. The van der Waals surface area contributed by atoms with E-state index in [0.29, 0.717) is 5.56 Å². The molecular formula is C18H20N2O. The maximum atomic E-state index is 8.96. The SMILES string of the molecule is CCC(C)Oc1cccc(Nc2ccc(C#N)c(C)c2)c1. The summed E-state index contributed by atoms with van der Waals surface area (Å²) in [6, 6.07) is 15.8. The van der Waals surface area contributed by atoms with Crippen molar-refractivity contribution in [3.05, 3.63) is 53.6 Å². The van der Waals surface area contributed by atoms with Crippen molar-refractivity contribution in [2.24, 2.45) is 0 Å². The largest absolute Gasteiger partial charge is 0.491 e. The number of hydrogen-bond donors (Lipinski definition) is 1. The number of nitriles is 1. The number of nitrogens with one attached hydrogen (secondary N) is 1. The van der Waals surface area contributed by atoms with Crippen LogP contribution < -0.4 is 10.1 Å². The molecule has 0 saturated heterocycles. The van der Waals surface area contributed by atoms with Crippen molar-refractivity contribution in [2.75, 3.05) is 5.32 Å². The standard InChI is InChI=1S/C18H20N2O/c1-4-14(3)21-18-7-5-6-16(11-18)20-17-9-8-15(12-19)13(2)10-17/h5-11,14,20H,4H2,1-3H3. The molecule has 0 heterocycles. The van der Waals surface area contributed by atoms with Gasteiger partial charge >= 0.3 is 0 Å². The van der Waals surface area contributed by atoms with Gasteiger partial charge in [-0.25, -0.2) is 0 Å². The molecule has 1 atom stereocenters. The highest BCUT2D eigenvalue weighted by atomic mass is 16.5. The van der Waals surface area contributed by atoms with Crippen LogP contribution in [-0.4, -0.2) is 6.10 Å². The van der Waals surface area contributed by atoms with Gasteiger partial charge in [-0.3, -0.25) is 0 Å². The van der Waals surface area contributed by atoms with E-state index in [4.69, 9.17) is 10.00 Å². The van der Waals surface area contributed by atoms with Crippen LogP contribution in [0.3, 0.4) is 0 Å². The molecule has 0 radical (unpaired) electrons. The summed E-state index contributed by atoms with van der Waals surface area (Å²) in [4.78, 5) is 0. The van der Waals surface area contributed by atoms with E-state index < -0.39 is 0 Å². The van der Waals surface area contributed by atoms with E-state index in [1.807, 2.05) is 49.4 Å². The maximum Gasteiger partial charge on any atom is 0.121 e. The van der Waals surface area contributed by atoms with E-state index in [9.17, 15) is 0 Å². The van der Waals surface area contributed by atoms with Crippen LogP contribution in [0.25, 0.3) is 0 Å². The summed E-state index contributed by atoms with van der Waals surface area (Å²) in [5, 5.41) is 12.3. The third-order valence-corrected chi connectivity index (χ3v) is 3.38. The molecule has 0 aliphatic rings. The molecule has 0 spiro atoms. The summed E-state index contributed by atoms with van der Waals surface area (Å²) < 4.78 is 5.82. The highest BCUT2D eigenvalue weighted by Gasteiger charge is 2.03. The lowest BCUT2D eigenvalue weighted by atomic mass is 10.1. The van der Waals surface area contributed by atoms with Crippen molar-refractivity contribution in [3.63, 3.8) is 0 Å². The van der Waals surface area contributed by atoms with Gasteiger partial charge in [0, 0.05) is 17.4 Å². The molecule has 108 valence electrons. The second kappa shape index (κ2) is 6.81. The van der Waals surface area contributed by atoms with Gasteiger partial charge in [-0.1, -0.05) is 13.0 Å². The first-order valence-electron chi connectivity index (χ1n) is 7.17. The number of benzene rings is 2. The number of nitrogens with zero attached hydrogens (tertiary/aromatic N) is 1. The van der Waals surface area contributed by atoms with E-state index in [-0.39, 0.29) is 6.10 Å². The van der Waals surface area contributed by atoms with Crippen molar-refractivity contribution in [3.8, 4) is 11.8 Å². The molecule has 21 heavy (non-hydrogen) atoms. The first kappa shape index (κ1) is 14.9. The van der Waals surface area contributed by atoms with Crippen molar-refractivity contribution >= 4 is 11.4 Å². The van der Waals surface area contributed by atoms with E-state index in [0.717, 1.165) is 29.1 Å². The first-order chi connectivity index (χ1) is 10.1. The molecular weight excluding hydrogens is 260 g/mol. The third-order valence-electron chi connectivity index (χ3n) is 3.38. The predicted octanol–water partition coefficient (Wildman–Crippen LogP) is 4.79. The van der Waals surface area contributed by atoms with Gasteiger partial charge in [0.15, 0.2) is 0 Å². The highest BCUT2D eigenvalue weighted by molar-refractivity contribution is 5.63. The molecule has 0 bridgehead atoms. The molecule has 0 amide bonds. The van der Waals surface area contributed by atoms with Crippen molar-refractivity contribution in [1.82, 2.24) is 0 Å². The molecule has 0 saturated carbocycles. The van der Waals surface area contributed by atoms with Gasteiger partial charge in [0.2, 0.25) is 0 Å². The van der Waals surface area contributed by atoms with E-state index >= 15 is 0 Å². The molecule has 1 N–H and O–H groups in total. The predicted molar refractivity (Wildman–Crippen MR) is 86.0 cm³/mol. The zero-order chi connectivity index (χ0) is 15.2. The Morgan fingerprint density at radius 3 is 2.62 bits per heavy atom. The summed E-state index contributed by atoms with van der Waals surface area (Å²) >= 11 is 0. The van der Waals surface area contributed by atoms with Crippen LogP contribution in [0.1, 0.15) is 31.4 Å². The van der Waals surface area contributed by atoms with Crippen LogP contribution >= 0.6 is 0 Å². The maximum absolute atomic E-state index is 8.96. The van der Waals surface area contributed by atoms with Crippen LogP contribution in [-0.2, 0) is 0 Å². The van der Waals surface area contributed by atoms with Crippen molar-refractivity contribution in [2.45, 2.75) is 33.3 Å². The molecule has 1 unspecified atom stereocenters. The van der Waals surface area contributed by atoms with Gasteiger partial charge in [0.1, 0.15) is 5.75 Å². The highest BCUT2D eigenvalue weighted by Crippen LogP contribution is 2.24. The lowest BCUT2D eigenvalue weighted by Crippen LogP contribution is -2.09. The normalized spacial score (nSPS) is 11.5. The lowest BCUT2D eigenvalue weighted by Gasteiger charge is -2.14. The van der Waals surface area contributed by atoms with Gasteiger partial charge < -0.3 is 10.1 Å². The van der Waals surface area contributed by atoms with Gasteiger partial charge in [0.05, 0.1) is 17.7 Å². The van der Waals surface area contributed by atoms with E-state index in [1.54, 1.807) is 0 Å². The van der Waals surface area contributed by atoms with Gasteiger partial charge in [0.25, 0.3) is 0 Å². The molecule has 0 aliphatic carbocycles. The number of anilines is 2. The molecule has 0 fully saturated rings. The summed E-state index contributed by atoms with van der Waals surface area (Å²) in [5.74, 6) is 0.861. The fourth-order valence-corrected chi connectivity index (χ4v) is 2.00. The van der Waals surface area contributed by atoms with Crippen LogP contribution in [0.15, 0.2) is 42.5 Å². The van der Waals surface area contributed by atoms with Crippen LogP contribution in [0.2, 0.25) is 0 Å². The monoisotopic (exact) mass is 280 g/mol. The average Bonchev–Trinajstić information content (AvgIpc) is 2.47.